The monoisotopic (exact) mass is 260 g/mol. The maximum atomic E-state index is 7.56. The number of aliphatic hydroxyl groups excluding tert-OH is 2. The van der Waals surface area contributed by atoms with Crippen LogP contribution in [-0.2, 0) is 0 Å². The van der Waals surface area contributed by atoms with Gasteiger partial charge in [0.15, 0.2) is 0 Å². The highest BCUT2D eigenvalue weighted by atomic mass is 32.1. The molecule has 0 aliphatic rings. The minimum Gasteiger partial charge on any atom is -0.487 e. The topological polar surface area (TPSA) is 92.5 Å². The van der Waals surface area contributed by atoms with Gasteiger partial charge >= 0.3 is 0 Å². The number of rotatable bonds is 0. The predicted molar refractivity (Wildman–Crippen MR) is 74.7 cm³/mol. The number of benzene rings is 1. The fourth-order valence-electron chi connectivity index (χ4n) is 0.807. The lowest BCUT2D eigenvalue weighted by atomic mass is 10.2. The van der Waals surface area contributed by atoms with Crippen molar-refractivity contribution in [3.63, 3.8) is 0 Å². The molecule has 6 heteroatoms. The zero-order valence-electron chi connectivity index (χ0n) is 9.18. The number of nitrogens with two attached hydrogens (primary N) is 2. The lowest BCUT2D eigenvalue weighted by Gasteiger charge is -1.90. The summed E-state index contributed by atoms with van der Waals surface area (Å²) in [5.41, 5.74) is 11.5. The van der Waals surface area contributed by atoms with Gasteiger partial charge in [-0.15, -0.1) is 0 Å². The molecule has 0 aliphatic heterocycles. The Morgan fingerprint density at radius 3 is 1.38 bits per heavy atom. The normalized spacial score (nSPS) is 7.62. The Labute approximate surface area is 106 Å². The van der Waals surface area contributed by atoms with Crippen LogP contribution in [-0.4, -0.2) is 20.6 Å². The Kier molecular flexibility index (Phi) is 10.8. The van der Waals surface area contributed by atoms with Crippen LogP contribution in [0.25, 0.3) is 0 Å². The van der Waals surface area contributed by atoms with Gasteiger partial charge in [0.2, 0.25) is 0 Å². The highest BCUT2D eigenvalue weighted by molar-refractivity contribution is 7.80. The van der Waals surface area contributed by atoms with Gasteiger partial charge < -0.3 is 21.7 Å². The van der Waals surface area contributed by atoms with Crippen molar-refractivity contribution in [2.45, 2.75) is 13.8 Å². The molecule has 6 N–H and O–H groups in total. The molecule has 0 spiro atoms. The molecule has 0 aromatic heterocycles. The molecule has 0 fully saturated rings. The zero-order valence-corrected chi connectivity index (χ0v) is 10.8. The van der Waals surface area contributed by atoms with Crippen molar-refractivity contribution in [1.82, 2.24) is 0 Å². The van der Waals surface area contributed by atoms with E-state index in [1.807, 2.05) is 0 Å². The van der Waals surface area contributed by atoms with Gasteiger partial charge in [0.25, 0.3) is 10.3 Å². The SMILES string of the molecule is Cc1cccc(C)c1.NC(O)=S.NC(O)=S. The van der Waals surface area contributed by atoms with Gasteiger partial charge in [0.05, 0.1) is 0 Å². The average Bonchev–Trinajstić information content (AvgIpc) is 2.00. The third-order valence-corrected chi connectivity index (χ3v) is 1.17. The Morgan fingerprint density at radius 2 is 1.25 bits per heavy atom. The van der Waals surface area contributed by atoms with Gasteiger partial charge in [0, 0.05) is 0 Å². The van der Waals surface area contributed by atoms with Crippen molar-refractivity contribution in [3.05, 3.63) is 35.4 Å². The van der Waals surface area contributed by atoms with Gasteiger partial charge in [-0.3, -0.25) is 0 Å². The maximum absolute atomic E-state index is 7.56. The van der Waals surface area contributed by atoms with Crippen molar-refractivity contribution in [2.24, 2.45) is 11.5 Å². The first-order chi connectivity index (χ1) is 7.25. The van der Waals surface area contributed by atoms with Crippen LogP contribution in [0.1, 0.15) is 11.1 Å². The van der Waals surface area contributed by atoms with E-state index in [1.165, 1.54) is 11.1 Å². The molecule has 0 bridgehead atoms. The molecule has 90 valence electrons. The quantitative estimate of drug-likeness (QED) is 0.532. The summed E-state index contributed by atoms with van der Waals surface area (Å²) in [4.78, 5) is 0. The first-order valence-corrected chi connectivity index (χ1v) is 5.07. The fourth-order valence-corrected chi connectivity index (χ4v) is 0.807. The number of hydrogen-bond donors (Lipinski definition) is 4. The van der Waals surface area contributed by atoms with Crippen molar-refractivity contribution in [3.8, 4) is 0 Å². The van der Waals surface area contributed by atoms with E-state index in [0.29, 0.717) is 0 Å². The standard InChI is InChI=1S/C8H10.2CH3NOS/c1-7-4-3-5-8(2)6-7;2*2-1(3)4/h3-6H,1-2H3;2*(H3,2,3,4). The summed E-state index contributed by atoms with van der Waals surface area (Å²) in [5.74, 6) is 0. The Morgan fingerprint density at radius 1 is 1.00 bits per heavy atom. The molecule has 0 saturated carbocycles. The van der Waals surface area contributed by atoms with Gasteiger partial charge in [-0.25, -0.2) is 0 Å². The molecular weight excluding hydrogens is 244 g/mol. The third kappa shape index (κ3) is 22.9. The van der Waals surface area contributed by atoms with E-state index < -0.39 is 10.3 Å². The summed E-state index contributed by atoms with van der Waals surface area (Å²) < 4.78 is 0. The van der Waals surface area contributed by atoms with Crippen LogP contribution in [0.5, 0.6) is 0 Å². The summed E-state index contributed by atoms with van der Waals surface area (Å²) in [6.45, 7) is 4.21. The average molecular weight is 260 g/mol. The molecule has 1 rings (SSSR count). The van der Waals surface area contributed by atoms with Crippen LogP contribution in [0.4, 0.5) is 0 Å². The van der Waals surface area contributed by atoms with E-state index in [2.05, 4.69) is 74.0 Å². The number of aryl methyl sites for hydroxylation is 2. The minimum absolute atomic E-state index is 0.500. The first kappa shape index (κ1) is 17.0. The molecule has 0 radical (unpaired) electrons. The lowest BCUT2D eigenvalue weighted by Crippen LogP contribution is -2.03. The molecule has 0 aliphatic carbocycles. The number of thiocarbonyl (C=S) groups is 2. The van der Waals surface area contributed by atoms with Gasteiger partial charge in [-0.1, -0.05) is 35.4 Å². The van der Waals surface area contributed by atoms with Crippen LogP contribution >= 0.6 is 24.4 Å². The van der Waals surface area contributed by atoms with Gasteiger partial charge in [0.1, 0.15) is 0 Å². The van der Waals surface area contributed by atoms with Crippen molar-refractivity contribution in [1.29, 1.82) is 0 Å². The fraction of sp³-hybridized carbons (Fsp3) is 0.200. The molecule has 0 heterocycles. The molecule has 16 heavy (non-hydrogen) atoms. The van der Waals surface area contributed by atoms with E-state index in [0.717, 1.165) is 0 Å². The molecule has 0 amide bonds. The lowest BCUT2D eigenvalue weighted by molar-refractivity contribution is 0.559. The zero-order chi connectivity index (χ0) is 13.1. The summed E-state index contributed by atoms with van der Waals surface area (Å²) in [7, 11) is 0. The third-order valence-electron chi connectivity index (χ3n) is 1.17. The summed E-state index contributed by atoms with van der Waals surface area (Å²) >= 11 is 7.74. The second kappa shape index (κ2) is 10.1. The van der Waals surface area contributed by atoms with E-state index in [9.17, 15) is 0 Å². The molecule has 0 saturated heterocycles. The number of hydrogen-bond acceptors (Lipinski definition) is 2. The van der Waals surface area contributed by atoms with Gasteiger partial charge in [-0.2, -0.15) is 0 Å². The van der Waals surface area contributed by atoms with Crippen molar-refractivity contribution < 1.29 is 10.2 Å². The molecule has 4 nitrogen and oxygen atoms in total. The van der Waals surface area contributed by atoms with E-state index in [-0.39, 0.29) is 0 Å². The van der Waals surface area contributed by atoms with E-state index >= 15 is 0 Å². The second-order valence-electron chi connectivity index (χ2n) is 2.83. The minimum atomic E-state index is -0.500. The van der Waals surface area contributed by atoms with Crippen LogP contribution in [0.2, 0.25) is 0 Å². The summed E-state index contributed by atoms with van der Waals surface area (Å²) in [6.07, 6.45) is 0. The van der Waals surface area contributed by atoms with Crippen LogP contribution in [0, 0.1) is 13.8 Å². The van der Waals surface area contributed by atoms with Crippen molar-refractivity contribution >= 4 is 34.8 Å². The molecule has 1 aromatic rings. The Bertz CT molecular complexity index is 306. The van der Waals surface area contributed by atoms with E-state index in [1.54, 1.807) is 0 Å². The van der Waals surface area contributed by atoms with Crippen LogP contribution in [0.15, 0.2) is 24.3 Å². The molecule has 0 unspecified atom stereocenters. The second-order valence-corrected chi connectivity index (χ2v) is 3.67. The highest BCUT2D eigenvalue weighted by Gasteiger charge is 1.80. The smallest absolute Gasteiger partial charge is 0.251 e. The Balaban J connectivity index is 0. The van der Waals surface area contributed by atoms with Crippen LogP contribution < -0.4 is 11.5 Å². The largest absolute Gasteiger partial charge is 0.487 e. The molecule has 1 aromatic carbocycles. The van der Waals surface area contributed by atoms with Crippen molar-refractivity contribution in [2.75, 3.05) is 0 Å². The van der Waals surface area contributed by atoms with Crippen LogP contribution in [0.3, 0.4) is 0 Å². The predicted octanol–water partition coefficient (Wildman–Crippen LogP) is 1.88. The van der Waals surface area contributed by atoms with Gasteiger partial charge in [-0.05, 0) is 38.3 Å². The highest BCUT2D eigenvalue weighted by Crippen LogP contribution is 2.00. The molecule has 0 atom stereocenters. The Hall–Kier alpha value is -1.40. The molecular formula is C10H16N2O2S2. The first-order valence-electron chi connectivity index (χ1n) is 4.25. The van der Waals surface area contributed by atoms with E-state index in [4.69, 9.17) is 10.2 Å². The maximum Gasteiger partial charge on any atom is 0.251 e. The summed E-state index contributed by atoms with van der Waals surface area (Å²) in [5, 5.41) is 14.1. The summed E-state index contributed by atoms with van der Waals surface area (Å²) in [6, 6.07) is 8.45. The number of aliphatic hydroxyl groups is 2.